The fourth-order valence-electron chi connectivity index (χ4n) is 4.86. The van der Waals surface area contributed by atoms with Gasteiger partial charge in [0.05, 0.1) is 12.1 Å². The SMILES string of the molecule is O=C(OCc1ccccc1)N1[C@@H]2C[C@@H](CN(Cc3ccccc3)C2)N1C(=O)OCc1ccccc1. The van der Waals surface area contributed by atoms with Crippen LogP contribution in [-0.2, 0) is 29.2 Å². The van der Waals surface area contributed by atoms with Crippen molar-refractivity contribution >= 4 is 12.2 Å². The molecule has 2 fully saturated rings. The van der Waals surface area contributed by atoms with E-state index in [0.29, 0.717) is 19.5 Å². The van der Waals surface area contributed by atoms with E-state index in [4.69, 9.17) is 9.47 Å². The number of carbonyl (C=O) groups is 2. The van der Waals surface area contributed by atoms with E-state index in [9.17, 15) is 9.59 Å². The number of hydrogen-bond donors (Lipinski definition) is 0. The average molecular weight is 472 g/mol. The molecule has 2 heterocycles. The highest BCUT2D eigenvalue weighted by Gasteiger charge is 2.50. The van der Waals surface area contributed by atoms with E-state index in [2.05, 4.69) is 17.0 Å². The minimum Gasteiger partial charge on any atom is -0.443 e. The summed E-state index contributed by atoms with van der Waals surface area (Å²) in [6.45, 7) is 2.37. The predicted octanol–water partition coefficient (Wildman–Crippen LogP) is 4.84. The summed E-state index contributed by atoms with van der Waals surface area (Å²) in [6, 6.07) is 29.0. The van der Waals surface area contributed by atoms with Gasteiger partial charge in [-0.1, -0.05) is 91.0 Å². The standard InChI is InChI=1S/C28H29N3O4/c32-27(34-20-23-12-6-2-7-13-23)30-25-16-26(19-29(18-25)17-22-10-4-1-5-11-22)31(30)28(33)35-21-24-14-8-3-9-15-24/h1-15,25-26H,16-21H2/t25-,26+. The van der Waals surface area contributed by atoms with Crippen molar-refractivity contribution in [3.63, 3.8) is 0 Å². The maximum atomic E-state index is 13.3. The summed E-state index contributed by atoms with van der Waals surface area (Å²) in [4.78, 5) is 28.8. The van der Waals surface area contributed by atoms with Crippen LogP contribution in [0.25, 0.3) is 0 Å². The Hall–Kier alpha value is -3.84. The van der Waals surface area contributed by atoms with Crippen LogP contribution in [0.15, 0.2) is 91.0 Å². The van der Waals surface area contributed by atoms with Gasteiger partial charge in [-0.3, -0.25) is 4.90 Å². The third-order valence-corrected chi connectivity index (χ3v) is 6.44. The van der Waals surface area contributed by atoms with E-state index in [1.165, 1.54) is 15.6 Å². The zero-order chi connectivity index (χ0) is 24.0. The minimum absolute atomic E-state index is 0.147. The Bertz CT molecular complexity index is 1060. The second kappa shape index (κ2) is 10.6. The van der Waals surface area contributed by atoms with Gasteiger partial charge >= 0.3 is 12.2 Å². The largest absolute Gasteiger partial charge is 0.443 e. The molecule has 0 unspecified atom stereocenters. The molecule has 2 atom stereocenters. The highest BCUT2D eigenvalue weighted by Crippen LogP contribution is 2.33. The number of ether oxygens (including phenoxy) is 2. The number of piperidine rings is 1. The minimum atomic E-state index is -0.528. The van der Waals surface area contributed by atoms with Crippen LogP contribution in [0, 0.1) is 0 Å². The summed E-state index contributed by atoms with van der Waals surface area (Å²) < 4.78 is 11.3. The molecule has 0 saturated carbocycles. The number of hydrazine groups is 1. The van der Waals surface area contributed by atoms with Gasteiger partial charge in [0.2, 0.25) is 0 Å². The van der Waals surface area contributed by atoms with E-state index >= 15 is 0 Å². The van der Waals surface area contributed by atoms with Crippen molar-refractivity contribution in [2.75, 3.05) is 13.1 Å². The van der Waals surface area contributed by atoms with Crippen LogP contribution in [0.4, 0.5) is 9.59 Å². The number of amides is 2. The molecule has 2 aliphatic rings. The van der Waals surface area contributed by atoms with Gasteiger partial charge in [0.15, 0.2) is 0 Å². The van der Waals surface area contributed by atoms with Gasteiger partial charge in [-0.15, -0.1) is 0 Å². The van der Waals surface area contributed by atoms with Crippen LogP contribution in [0.1, 0.15) is 23.1 Å². The molecule has 2 aliphatic heterocycles. The molecule has 2 saturated heterocycles. The predicted molar refractivity (Wildman–Crippen MR) is 131 cm³/mol. The lowest BCUT2D eigenvalue weighted by Gasteiger charge is -2.30. The number of nitrogens with zero attached hydrogens (tertiary/aromatic N) is 3. The molecule has 3 aromatic carbocycles. The van der Waals surface area contributed by atoms with Gasteiger partial charge in [-0.25, -0.2) is 19.6 Å². The second-order valence-corrected chi connectivity index (χ2v) is 8.99. The van der Waals surface area contributed by atoms with Crippen molar-refractivity contribution in [3.8, 4) is 0 Å². The second-order valence-electron chi connectivity index (χ2n) is 8.99. The molecule has 5 rings (SSSR count). The summed E-state index contributed by atoms with van der Waals surface area (Å²) in [5, 5.41) is 2.96. The molecular weight excluding hydrogens is 442 g/mol. The van der Waals surface area contributed by atoms with Crippen LogP contribution >= 0.6 is 0 Å². The van der Waals surface area contributed by atoms with Crippen LogP contribution < -0.4 is 0 Å². The van der Waals surface area contributed by atoms with Gasteiger partial charge in [0.1, 0.15) is 13.2 Å². The zero-order valence-electron chi connectivity index (χ0n) is 19.5. The van der Waals surface area contributed by atoms with Crippen molar-refractivity contribution in [2.45, 2.75) is 38.3 Å². The summed E-state index contributed by atoms with van der Waals surface area (Å²) >= 11 is 0. The van der Waals surface area contributed by atoms with Crippen LogP contribution in [-0.4, -0.2) is 52.3 Å². The van der Waals surface area contributed by atoms with Gasteiger partial charge in [-0.05, 0) is 23.1 Å². The normalized spacial score (nSPS) is 19.4. The fraction of sp³-hybridized carbons (Fsp3) is 0.286. The number of benzene rings is 3. The first kappa shape index (κ1) is 22.9. The number of carbonyl (C=O) groups excluding carboxylic acids is 2. The summed E-state index contributed by atoms with van der Waals surface area (Å²) in [5.41, 5.74) is 2.99. The molecule has 0 spiro atoms. The zero-order valence-corrected chi connectivity index (χ0v) is 19.5. The average Bonchev–Trinajstić information content (AvgIpc) is 3.17. The van der Waals surface area contributed by atoms with Crippen LogP contribution in [0.3, 0.4) is 0 Å². The van der Waals surface area contributed by atoms with E-state index in [-0.39, 0.29) is 25.3 Å². The molecular formula is C28H29N3O4. The Labute approximate surface area is 205 Å². The Morgan fingerprint density at radius 2 is 1.03 bits per heavy atom. The van der Waals surface area contributed by atoms with Gasteiger partial charge in [0.25, 0.3) is 0 Å². The first-order valence-electron chi connectivity index (χ1n) is 11.9. The molecule has 0 radical (unpaired) electrons. The lowest BCUT2D eigenvalue weighted by atomic mass is 10.0. The maximum Gasteiger partial charge on any atom is 0.429 e. The molecule has 2 bridgehead atoms. The molecule has 180 valence electrons. The van der Waals surface area contributed by atoms with Crippen LogP contribution in [0.2, 0.25) is 0 Å². The van der Waals surface area contributed by atoms with E-state index < -0.39 is 12.2 Å². The van der Waals surface area contributed by atoms with Crippen molar-refractivity contribution in [1.29, 1.82) is 0 Å². The lowest BCUT2D eigenvalue weighted by Crippen LogP contribution is -2.50. The molecule has 35 heavy (non-hydrogen) atoms. The molecule has 2 amide bonds. The van der Waals surface area contributed by atoms with Crippen molar-refractivity contribution in [2.24, 2.45) is 0 Å². The Balaban J connectivity index is 1.31. The highest BCUT2D eigenvalue weighted by atomic mass is 16.6. The fourth-order valence-corrected chi connectivity index (χ4v) is 4.86. The third kappa shape index (κ3) is 5.46. The maximum absolute atomic E-state index is 13.3. The highest BCUT2D eigenvalue weighted by molar-refractivity contribution is 5.76. The molecule has 0 aromatic heterocycles. The third-order valence-electron chi connectivity index (χ3n) is 6.44. The smallest absolute Gasteiger partial charge is 0.429 e. The Morgan fingerprint density at radius 3 is 1.46 bits per heavy atom. The van der Waals surface area contributed by atoms with Gasteiger partial charge < -0.3 is 9.47 Å². The monoisotopic (exact) mass is 471 g/mol. The number of fused-ring (bicyclic) bond motifs is 2. The first-order valence-corrected chi connectivity index (χ1v) is 11.9. The van der Waals surface area contributed by atoms with E-state index in [1.54, 1.807) is 0 Å². The quantitative estimate of drug-likeness (QED) is 0.515. The molecule has 7 heteroatoms. The molecule has 3 aromatic rings. The summed E-state index contributed by atoms with van der Waals surface area (Å²) in [5.74, 6) is 0. The molecule has 0 N–H and O–H groups in total. The first-order chi connectivity index (χ1) is 17.2. The van der Waals surface area contributed by atoms with Crippen LogP contribution in [0.5, 0.6) is 0 Å². The molecule has 7 nitrogen and oxygen atoms in total. The van der Waals surface area contributed by atoms with Crippen molar-refractivity contribution < 1.29 is 19.1 Å². The number of hydrogen-bond acceptors (Lipinski definition) is 5. The topological polar surface area (TPSA) is 62.3 Å². The van der Waals surface area contributed by atoms with Crippen molar-refractivity contribution in [1.82, 2.24) is 14.9 Å². The Kier molecular flexibility index (Phi) is 6.95. The van der Waals surface area contributed by atoms with E-state index in [0.717, 1.165) is 17.7 Å². The summed E-state index contributed by atoms with van der Waals surface area (Å²) in [7, 11) is 0. The van der Waals surface area contributed by atoms with E-state index in [1.807, 2.05) is 78.9 Å². The number of rotatable bonds is 6. The number of likely N-dealkylation sites (tertiary alicyclic amines) is 1. The van der Waals surface area contributed by atoms with Crippen molar-refractivity contribution in [3.05, 3.63) is 108 Å². The van der Waals surface area contributed by atoms with Gasteiger partial charge in [0, 0.05) is 19.6 Å². The van der Waals surface area contributed by atoms with Gasteiger partial charge in [-0.2, -0.15) is 0 Å². The molecule has 0 aliphatic carbocycles. The Morgan fingerprint density at radius 1 is 0.629 bits per heavy atom. The summed E-state index contributed by atoms with van der Waals surface area (Å²) in [6.07, 6.45) is -0.356. The lowest BCUT2D eigenvalue weighted by molar-refractivity contribution is -0.0199.